The third-order valence-corrected chi connectivity index (χ3v) is 3.76. The van der Waals surface area contributed by atoms with E-state index < -0.39 is 5.60 Å². The Morgan fingerprint density at radius 3 is 2.79 bits per heavy atom. The highest BCUT2D eigenvalue weighted by atomic mass is 79.9. The molecule has 1 N–H and O–H groups in total. The van der Waals surface area contributed by atoms with Crippen molar-refractivity contribution in [3.8, 4) is 0 Å². The summed E-state index contributed by atoms with van der Waals surface area (Å²) in [5.41, 5.74) is -0.937. The molecule has 0 unspecified atom stereocenters. The standard InChI is InChI=1S/C13H17BrN2O3/c1-2-5-13(19)8-16(9-13)12(18)7-15-6-10(14)3-4-11(15)17/h3-4,6,19H,2,5,7-9H2,1H3. The highest BCUT2D eigenvalue weighted by Crippen LogP contribution is 2.25. The smallest absolute Gasteiger partial charge is 0.251 e. The van der Waals surface area contributed by atoms with E-state index in [1.807, 2.05) is 6.92 Å². The molecular formula is C13H17BrN2O3. The Bertz CT molecular complexity index is 535. The van der Waals surface area contributed by atoms with Crippen molar-refractivity contribution in [1.82, 2.24) is 9.47 Å². The third kappa shape index (κ3) is 3.25. The molecule has 1 aliphatic heterocycles. The van der Waals surface area contributed by atoms with Gasteiger partial charge in [-0.1, -0.05) is 13.3 Å². The zero-order valence-electron chi connectivity index (χ0n) is 10.8. The number of aromatic nitrogens is 1. The Morgan fingerprint density at radius 2 is 2.16 bits per heavy atom. The molecule has 2 rings (SSSR count). The second-order valence-corrected chi connectivity index (χ2v) is 5.95. The van der Waals surface area contributed by atoms with E-state index in [-0.39, 0.29) is 18.0 Å². The number of rotatable bonds is 4. The van der Waals surface area contributed by atoms with Crippen LogP contribution in [0.25, 0.3) is 0 Å². The minimum absolute atomic E-state index is 0.0144. The highest BCUT2D eigenvalue weighted by Gasteiger charge is 2.42. The molecule has 104 valence electrons. The number of hydrogen-bond acceptors (Lipinski definition) is 3. The Kier molecular flexibility index (Phi) is 4.10. The molecule has 1 aliphatic rings. The summed E-state index contributed by atoms with van der Waals surface area (Å²) in [6, 6.07) is 3.06. The monoisotopic (exact) mass is 328 g/mol. The van der Waals surface area contributed by atoms with Crippen LogP contribution in [0, 0.1) is 0 Å². The normalized spacial score (nSPS) is 17.1. The molecule has 0 bridgehead atoms. The van der Waals surface area contributed by atoms with Gasteiger partial charge in [0, 0.05) is 16.7 Å². The van der Waals surface area contributed by atoms with Crippen LogP contribution in [0.1, 0.15) is 19.8 Å². The van der Waals surface area contributed by atoms with Crippen molar-refractivity contribution in [3.63, 3.8) is 0 Å². The van der Waals surface area contributed by atoms with Crippen molar-refractivity contribution in [2.75, 3.05) is 13.1 Å². The molecule has 1 fully saturated rings. The van der Waals surface area contributed by atoms with Crippen LogP contribution in [0.15, 0.2) is 27.6 Å². The lowest BCUT2D eigenvalue weighted by Gasteiger charge is -2.46. The van der Waals surface area contributed by atoms with Crippen molar-refractivity contribution in [2.24, 2.45) is 0 Å². The van der Waals surface area contributed by atoms with Gasteiger partial charge in [0.05, 0.1) is 18.7 Å². The van der Waals surface area contributed by atoms with Crippen LogP contribution in [-0.2, 0) is 11.3 Å². The van der Waals surface area contributed by atoms with E-state index >= 15 is 0 Å². The van der Waals surface area contributed by atoms with Crippen molar-refractivity contribution in [3.05, 3.63) is 33.2 Å². The number of carbonyl (C=O) groups excluding carboxylic acids is 1. The Labute approximate surface area is 120 Å². The van der Waals surface area contributed by atoms with Crippen molar-refractivity contribution < 1.29 is 9.90 Å². The van der Waals surface area contributed by atoms with Crippen LogP contribution < -0.4 is 5.56 Å². The number of pyridine rings is 1. The van der Waals surface area contributed by atoms with Gasteiger partial charge in [0.25, 0.3) is 5.56 Å². The first-order chi connectivity index (χ1) is 8.93. The fourth-order valence-electron chi connectivity index (χ4n) is 2.34. The lowest BCUT2D eigenvalue weighted by atomic mass is 9.89. The number of amides is 1. The number of halogens is 1. The maximum atomic E-state index is 12.0. The van der Waals surface area contributed by atoms with E-state index in [9.17, 15) is 14.7 Å². The molecule has 0 aliphatic carbocycles. The second-order valence-electron chi connectivity index (χ2n) is 5.04. The maximum absolute atomic E-state index is 12.0. The summed E-state index contributed by atoms with van der Waals surface area (Å²) in [7, 11) is 0. The predicted molar refractivity (Wildman–Crippen MR) is 74.8 cm³/mol. The fourth-order valence-corrected chi connectivity index (χ4v) is 2.71. The first-order valence-corrected chi connectivity index (χ1v) is 7.09. The van der Waals surface area contributed by atoms with Crippen LogP contribution in [-0.4, -0.2) is 39.2 Å². The number of carbonyl (C=O) groups is 1. The Morgan fingerprint density at radius 1 is 1.47 bits per heavy atom. The zero-order chi connectivity index (χ0) is 14.0. The summed E-state index contributed by atoms with van der Waals surface area (Å²) in [5, 5.41) is 10.0. The van der Waals surface area contributed by atoms with E-state index in [0.29, 0.717) is 19.5 Å². The molecule has 1 amide bonds. The summed E-state index contributed by atoms with van der Waals surface area (Å²) in [6.07, 6.45) is 3.19. The molecule has 0 saturated carbocycles. The molecule has 0 spiro atoms. The van der Waals surface area contributed by atoms with Gasteiger partial charge in [-0.15, -0.1) is 0 Å². The van der Waals surface area contributed by atoms with Gasteiger partial charge in [-0.05, 0) is 28.4 Å². The molecule has 1 aromatic heterocycles. The van der Waals surface area contributed by atoms with Crippen molar-refractivity contribution in [1.29, 1.82) is 0 Å². The molecular weight excluding hydrogens is 312 g/mol. The van der Waals surface area contributed by atoms with Gasteiger partial charge in [0.2, 0.25) is 5.91 Å². The van der Waals surface area contributed by atoms with E-state index in [1.165, 1.54) is 10.6 Å². The van der Waals surface area contributed by atoms with Crippen LogP contribution in [0.2, 0.25) is 0 Å². The van der Waals surface area contributed by atoms with E-state index in [4.69, 9.17) is 0 Å². The third-order valence-electron chi connectivity index (χ3n) is 3.29. The molecule has 1 saturated heterocycles. The van der Waals surface area contributed by atoms with Crippen molar-refractivity contribution in [2.45, 2.75) is 31.9 Å². The second kappa shape index (κ2) is 5.46. The van der Waals surface area contributed by atoms with Crippen LogP contribution in [0.5, 0.6) is 0 Å². The minimum Gasteiger partial charge on any atom is -0.386 e. The first-order valence-electron chi connectivity index (χ1n) is 6.30. The van der Waals surface area contributed by atoms with Gasteiger partial charge >= 0.3 is 0 Å². The first kappa shape index (κ1) is 14.3. The summed E-state index contributed by atoms with van der Waals surface area (Å²) in [6.45, 7) is 2.74. The average Bonchev–Trinajstić information content (AvgIpc) is 2.31. The van der Waals surface area contributed by atoms with Crippen molar-refractivity contribution >= 4 is 21.8 Å². The number of β-amino-alcohol motifs (C(OH)–C–C–N with tert-alkyl or cyclic N) is 1. The topological polar surface area (TPSA) is 62.5 Å². The molecule has 0 radical (unpaired) electrons. The molecule has 19 heavy (non-hydrogen) atoms. The van der Waals surface area contributed by atoms with Gasteiger partial charge in [0.15, 0.2) is 0 Å². The molecule has 0 aromatic carbocycles. The molecule has 6 heteroatoms. The van der Waals surface area contributed by atoms with Gasteiger partial charge in [-0.25, -0.2) is 0 Å². The molecule has 0 atom stereocenters. The zero-order valence-corrected chi connectivity index (χ0v) is 12.4. The minimum atomic E-state index is -0.730. The molecule has 5 nitrogen and oxygen atoms in total. The maximum Gasteiger partial charge on any atom is 0.251 e. The summed E-state index contributed by atoms with van der Waals surface area (Å²) >= 11 is 3.27. The quantitative estimate of drug-likeness (QED) is 0.896. The van der Waals surface area contributed by atoms with E-state index in [2.05, 4.69) is 15.9 Å². The number of nitrogens with zero attached hydrogens (tertiary/aromatic N) is 2. The lowest BCUT2D eigenvalue weighted by Crippen LogP contribution is -2.64. The van der Waals surface area contributed by atoms with E-state index in [1.54, 1.807) is 17.2 Å². The Balaban J connectivity index is 1.96. The molecule has 1 aromatic rings. The van der Waals surface area contributed by atoms with Gasteiger partial charge in [0.1, 0.15) is 6.54 Å². The SMILES string of the molecule is CCCC1(O)CN(C(=O)Cn2cc(Br)ccc2=O)C1. The van der Waals surface area contributed by atoms with Crippen LogP contribution >= 0.6 is 15.9 Å². The predicted octanol–water partition coefficient (Wildman–Crippen LogP) is 0.984. The van der Waals surface area contributed by atoms with Crippen LogP contribution in [0.4, 0.5) is 0 Å². The Hall–Kier alpha value is -1.14. The highest BCUT2D eigenvalue weighted by molar-refractivity contribution is 9.10. The number of likely N-dealkylation sites (tertiary alicyclic amines) is 1. The van der Waals surface area contributed by atoms with Crippen LogP contribution in [0.3, 0.4) is 0 Å². The largest absolute Gasteiger partial charge is 0.386 e. The fraction of sp³-hybridized carbons (Fsp3) is 0.538. The van der Waals surface area contributed by atoms with Gasteiger partial charge in [-0.2, -0.15) is 0 Å². The van der Waals surface area contributed by atoms with Gasteiger partial charge < -0.3 is 14.6 Å². The number of hydrogen-bond donors (Lipinski definition) is 1. The lowest BCUT2D eigenvalue weighted by molar-refractivity contribution is -0.157. The van der Waals surface area contributed by atoms with E-state index in [0.717, 1.165) is 10.9 Å². The number of aliphatic hydroxyl groups is 1. The summed E-state index contributed by atoms with van der Waals surface area (Å²) in [4.78, 5) is 25.2. The molecule has 2 heterocycles. The summed E-state index contributed by atoms with van der Waals surface area (Å²) < 4.78 is 2.12. The van der Waals surface area contributed by atoms with Gasteiger partial charge in [-0.3, -0.25) is 9.59 Å². The summed E-state index contributed by atoms with van der Waals surface area (Å²) in [5.74, 6) is -0.138. The average molecular weight is 329 g/mol.